The molecule has 6 heteroatoms. The molecular weight excluding hydrogens is 426 g/mol. The monoisotopic (exact) mass is 453 g/mol. The molecule has 1 heterocycles. The number of nitrogens with zero attached hydrogens (tertiary/aromatic N) is 2. The molecule has 1 aliphatic rings. The number of allylic oxidation sites excluding steroid dienone is 1. The summed E-state index contributed by atoms with van der Waals surface area (Å²) >= 11 is 0. The first-order chi connectivity index (χ1) is 16.5. The molecule has 0 spiro atoms. The Balaban J connectivity index is 1.65. The molecule has 172 valence electrons. The van der Waals surface area contributed by atoms with E-state index >= 15 is 0 Å². The zero-order valence-electron chi connectivity index (χ0n) is 19.6. The van der Waals surface area contributed by atoms with E-state index in [9.17, 15) is 10.1 Å². The first-order valence-corrected chi connectivity index (χ1v) is 11.5. The Morgan fingerprint density at radius 2 is 2.03 bits per heavy atom. The number of hydrogen-bond acceptors (Lipinski definition) is 4. The summed E-state index contributed by atoms with van der Waals surface area (Å²) in [7, 11) is 0. The van der Waals surface area contributed by atoms with Gasteiger partial charge in [-0.1, -0.05) is 37.0 Å². The van der Waals surface area contributed by atoms with Crippen LogP contribution in [0.1, 0.15) is 32.8 Å². The highest BCUT2D eigenvalue weighted by molar-refractivity contribution is 5.95. The highest BCUT2D eigenvalue weighted by atomic mass is 16.5. The summed E-state index contributed by atoms with van der Waals surface area (Å²) in [5.74, 6) is 7.46. The van der Waals surface area contributed by atoms with Crippen molar-refractivity contribution < 1.29 is 14.3 Å². The SMILES string of the molecule is CCOC(=O)Nc1ccc(-c2c(C#N)c3cc(OCC4=CCC(C)C#C4)ccc3n2CC)cc1. The molecule has 0 fully saturated rings. The third kappa shape index (κ3) is 4.77. The van der Waals surface area contributed by atoms with E-state index in [0.717, 1.165) is 34.2 Å². The number of rotatable bonds is 7. The van der Waals surface area contributed by atoms with Gasteiger partial charge < -0.3 is 14.0 Å². The minimum Gasteiger partial charge on any atom is -0.488 e. The molecule has 0 radical (unpaired) electrons. The van der Waals surface area contributed by atoms with Gasteiger partial charge in [-0.3, -0.25) is 5.32 Å². The lowest BCUT2D eigenvalue weighted by atomic mass is 10.0. The van der Waals surface area contributed by atoms with Crippen molar-refractivity contribution in [3.8, 4) is 34.9 Å². The maximum atomic E-state index is 11.7. The zero-order valence-corrected chi connectivity index (χ0v) is 19.6. The van der Waals surface area contributed by atoms with Crippen molar-refractivity contribution in [3.05, 3.63) is 59.7 Å². The van der Waals surface area contributed by atoms with Crippen molar-refractivity contribution in [1.29, 1.82) is 5.26 Å². The Labute approximate surface area is 199 Å². The molecule has 6 nitrogen and oxygen atoms in total. The molecule has 1 atom stereocenters. The Bertz CT molecular complexity index is 1350. The van der Waals surface area contributed by atoms with Crippen molar-refractivity contribution in [2.45, 2.75) is 33.7 Å². The molecule has 2 aromatic carbocycles. The second-order valence-corrected chi connectivity index (χ2v) is 8.11. The van der Waals surface area contributed by atoms with Gasteiger partial charge in [-0.05, 0) is 56.2 Å². The molecule has 34 heavy (non-hydrogen) atoms. The first kappa shape index (κ1) is 23.0. The van der Waals surface area contributed by atoms with Gasteiger partial charge in [0, 0.05) is 29.1 Å². The summed E-state index contributed by atoms with van der Waals surface area (Å²) in [4.78, 5) is 11.7. The highest BCUT2D eigenvalue weighted by Gasteiger charge is 2.19. The van der Waals surface area contributed by atoms with Crippen LogP contribution in [0.5, 0.6) is 5.75 Å². The van der Waals surface area contributed by atoms with E-state index in [4.69, 9.17) is 9.47 Å². The standard InChI is InChI=1S/C28H27N3O3/c1-4-31-26-15-14-23(34-18-20-8-6-19(3)7-9-20)16-24(26)25(17-29)27(31)21-10-12-22(13-11-21)30-28(32)33-5-2/h8,10-16,19H,4-6,18H2,1-3H3,(H,30,32). The molecule has 3 aromatic rings. The van der Waals surface area contributed by atoms with Crippen molar-refractivity contribution in [2.24, 2.45) is 5.92 Å². The normalized spacial score (nSPS) is 14.5. The average Bonchev–Trinajstić information content (AvgIpc) is 3.17. The lowest BCUT2D eigenvalue weighted by Crippen LogP contribution is -2.13. The number of aryl methyl sites for hydroxylation is 1. The number of amides is 1. The number of ether oxygens (including phenoxy) is 2. The van der Waals surface area contributed by atoms with Crippen LogP contribution in [-0.2, 0) is 11.3 Å². The average molecular weight is 454 g/mol. The number of nitriles is 1. The van der Waals surface area contributed by atoms with Gasteiger partial charge in [0.05, 0.1) is 23.4 Å². The third-order valence-corrected chi connectivity index (χ3v) is 5.73. The second-order valence-electron chi connectivity index (χ2n) is 8.11. The summed E-state index contributed by atoms with van der Waals surface area (Å²) in [6, 6.07) is 15.7. The van der Waals surface area contributed by atoms with Crippen LogP contribution in [0.4, 0.5) is 10.5 Å². The topological polar surface area (TPSA) is 76.3 Å². The summed E-state index contributed by atoms with van der Waals surface area (Å²) in [5, 5.41) is 13.6. The number of aromatic nitrogens is 1. The maximum absolute atomic E-state index is 11.7. The number of anilines is 1. The van der Waals surface area contributed by atoms with Gasteiger partial charge in [0.15, 0.2) is 0 Å². The van der Waals surface area contributed by atoms with Crippen LogP contribution in [-0.4, -0.2) is 23.9 Å². The van der Waals surface area contributed by atoms with Crippen LogP contribution in [0.3, 0.4) is 0 Å². The van der Waals surface area contributed by atoms with Gasteiger partial charge in [0.2, 0.25) is 0 Å². The van der Waals surface area contributed by atoms with Crippen LogP contribution >= 0.6 is 0 Å². The van der Waals surface area contributed by atoms with E-state index in [1.807, 2.05) is 30.3 Å². The minimum absolute atomic E-state index is 0.307. The Morgan fingerprint density at radius 3 is 2.68 bits per heavy atom. The van der Waals surface area contributed by atoms with Crippen LogP contribution in [0.25, 0.3) is 22.2 Å². The van der Waals surface area contributed by atoms with E-state index in [1.165, 1.54) is 0 Å². The number of benzene rings is 2. The fourth-order valence-corrected chi connectivity index (χ4v) is 4.06. The Hall–Kier alpha value is -4.16. The van der Waals surface area contributed by atoms with E-state index in [1.54, 1.807) is 19.1 Å². The lowest BCUT2D eigenvalue weighted by Gasteiger charge is -2.11. The maximum Gasteiger partial charge on any atom is 0.411 e. The number of hydrogen-bond donors (Lipinski definition) is 1. The van der Waals surface area contributed by atoms with Gasteiger partial charge in [-0.25, -0.2) is 4.79 Å². The third-order valence-electron chi connectivity index (χ3n) is 5.73. The summed E-state index contributed by atoms with van der Waals surface area (Å²) in [6.07, 6.45) is 2.58. The van der Waals surface area contributed by atoms with Crippen LogP contribution in [0, 0.1) is 29.1 Å². The molecule has 1 amide bonds. The van der Waals surface area contributed by atoms with Crippen LogP contribution in [0.2, 0.25) is 0 Å². The molecule has 0 aliphatic heterocycles. The number of carbonyl (C=O) groups excluding carboxylic acids is 1. The molecule has 1 aliphatic carbocycles. The second kappa shape index (κ2) is 10.2. The van der Waals surface area contributed by atoms with Crippen LogP contribution in [0.15, 0.2) is 54.1 Å². The largest absolute Gasteiger partial charge is 0.488 e. The Kier molecular flexibility index (Phi) is 6.90. The lowest BCUT2D eigenvalue weighted by molar-refractivity contribution is 0.168. The molecule has 1 unspecified atom stereocenters. The van der Waals surface area contributed by atoms with Crippen molar-refractivity contribution in [1.82, 2.24) is 4.57 Å². The van der Waals surface area contributed by atoms with Gasteiger partial charge in [-0.15, -0.1) is 0 Å². The van der Waals surface area contributed by atoms with Gasteiger partial charge in [0.25, 0.3) is 0 Å². The predicted octanol–water partition coefficient (Wildman–Crippen LogP) is 6.12. The molecule has 1 aromatic heterocycles. The van der Waals surface area contributed by atoms with E-state index < -0.39 is 6.09 Å². The van der Waals surface area contributed by atoms with Gasteiger partial charge >= 0.3 is 6.09 Å². The van der Waals surface area contributed by atoms with Gasteiger partial charge in [0.1, 0.15) is 18.4 Å². The van der Waals surface area contributed by atoms with Crippen molar-refractivity contribution >= 4 is 22.7 Å². The van der Waals surface area contributed by atoms with Crippen molar-refractivity contribution in [3.63, 3.8) is 0 Å². The smallest absolute Gasteiger partial charge is 0.411 e. The Morgan fingerprint density at radius 1 is 1.24 bits per heavy atom. The fourth-order valence-electron chi connectivity index (χ4n) is 4.06. The van der Waals surface area contributed by atoms with Gasteiger partial charge in [-0.2, -0.15) is 5.26 Å². The molecular formula is C28H27N3O3. The first-order valence-electron chi connectivity index (χ1n) is 11.5. The summed E-state index contributed by atoms with van der Waals surface area (Å²) in [6.45, 7) is 7.36. The van der Waals surface area contributed by atoms with Crippen LogP contribution < -0.4 is 10.1 Å². The van der Waals surface area contributed by atoms with E-state index in [-0.39, 0.29) is 0 Å². The number of fused-ring (bicyclic) bond motifs is 1. The number of carbonyl (C=O) groups is 1. The molecule has 0 saturated carbocycles. The quantitative estimate of drug-likeness (QED) is 0.438. The summed E-state index contributed by atoms with van der Waals surface area (Å²) < 4.78 is 13.1. The zero-order chi connectivity index (χ0) is 24.1. The highest BCUT2D eigenvalue weighted by Crippen LogP contribution is 2.36. The summed E-state index contributed by atoms with van der Waals surface area (Å²) in [5.41, 5.74) is 4.92. The van der Waals surface area contributed by atoms with Crippen molar-refractivity contribution in [2.75, 3.05) is 18.5 Å². The minimum atomic E-state index is -0.493. The fraction of sp³-hybridized carbons (Fsp3) is 0.286. The van der Waals surface area contributed by atoms with E-state index in [0.29, 0.717) is 42.7 Å². The molecule has 0 bridgehead atoms. The predicted molar refractivity (Wildman–Crippen MR) is 134 cm³/mol. The molecule has 1 N–H and O–H groups in total. The molecule has 0 saturated heterocycles. The molecule has 4 rings (SSSR count). The van der Waals surface area contributed by atoms with E-state index in [2.05, 4.69) is 47.7 Å². The number of nitrogens with one attached hydrogen (secondary N) is 1.